The van der Waals surface area contributed by atoms with Crippen LogP contribution in [0, 0.1) is 5.82 Å². The Hall–Kier alpha value is -0.0600. The van der Waals surface area contributed by atoms with Gasteiger partial charge in [-0.15, -0.1) is 0 Å². The van der Waals surface area contributed by atoms with Gasteiger partial charge in [0.1, 0.15) is 5.82 Å². The number of hydrogen-bond donors (Lipinski definition) is 1. The van der Waals surface area contributed by atoms with Crippen molar-refractivity contribution in [3.63, 3.8) is 0 Å². The summed E-state index contributed by atoms with van der Waals surface area (Å²) in [6.07, 6.45) is -0.559. The molecule has 0 fully saturated rings. The molecule has 1 aromatic rings. The van der Waals surface area contributed by atoms with Crippen LogP contribution in [0.2, 0.25) is 0 Å². The van der Waals surface area contributed by atoms with E-state index in [0.717, 1.165) is 5.56 Å². The molecule has 76 valence electrons. The average molecular weight is 277 g/mol. The summed E-state index contributed by atoms with van der Waals surface area (Å²) < 4.78 is 14.2. The van der Waals surface area contributed by atoms with E-state index in [0.29, 0.717) is 15.8 Å². The molecule has 0 spiro atoms. The van der Waals surface area contributed by atoms with E-state index >= 15 is 0 Å². The second kappa shape index (κ2) is 3.83. The summed E-state index contributed by atoms with van der Waals surface area (Å²) in [4.78, 5) is 0. The molecule has 2 rings (SSSR count). The summed E-state index contributed by atoms with van der Waals surface area (Å²) in [6.45, 7) is 1.96. The lowest BCUT2D eigenvalue weighted by Crippen LogP contribution is -2.19. The van der Waals surface area contributed by atoms with E-state index in [1.54, 1.807) is 17.8 Å². The molecule has 0 aromatic heterocycles. The minimum Gasteiger partial charge on any atom is -0.387 e. The van der Waals surface area contributed by atoms with Gasteiger partial charge in [0.25, 0.3) is 0 Å². The molecule has 0 aliphatic carbocycles. The SMILES string of the molecule is CC1SCc2c(F)cc(Br)cc2C1O. The van der Waals surface area contributed by atoms with Crippen LogP contribution in [-0.2, 0) is 5.75 Å². The first kappa shape index (κ1) is 10.5. The number of thioether (sulfide) groups is 1. The largest absolute Gasteiger partial charge is 0.387 e. The van der Waals surface area contributed by atoms with Crippen molar-refractivity contribution in [2.45, 2.75) is 24.0 Å². The third-order valence-electron chi connectivity index (χ3n) is 2.45. The molecule has 1 heterocycles. The molecule has 1 aromatic carbocycles. The van der Waals surface area contributed by atoms with Gasteiger partial charge in [0.05, 0.1) is 6.10 Å². The Balaban J connectivity index is 2.54. The zero-order chi connectivity index (χ0) is 10.3. The van der Waals surface area contributed by atoms with E-state index in [2.05, 4.69) is 15.9 Å². The van der Waals surface area contributed by atoms with Gasteiger partial charge in [-0.1, -0.05) is 22.9 Å². The van der Waals surface area contributed by atoms with E-state index in [1.807, 2.05) is 6.92 Å². The predicted octanol–water partition coefficient (Wildman–Crippen LogP) is 3.26. The van der Waals surface area contributed by atoms with Crippen LogP contribution in [0.3, 0.4) is 0 Å². The first-order chi connectivity index (χ1) is 6.59. The van der Waals surface area contributed by atoms with Crippen molar-refractivity contribution < 1.29 is 9.50 Å². The second-order valence-electron chi connectivity index (χ2n) is 3.42. The topological polar surface area (TPSA) is 20.2 Å². The Morgan fingerprint density at radius 1 is 1.57 bits per heavy atom. The molecule has 14 heavy (non-hydrogen) atoms. The maximum atomic E-state index is 13.5. The Bertz CT molecular complexity index is 369. The lowest BCUT2D eigenvalue weighted by molar-refractivity contribution is 0.176. The Morgan fingerprint density at radius 2 is 2.29 bits per heavy atom. The lowest BCUT2D eigenvalue weighted by atomic mass is 10.0. The zero-order valence-corrected chi connectivity index (χ0v) is 10.0. The number of benzene rings is 1. The van der Waals surface area contributed by atoms with Crippen LogP contribution in [0.15, 0.2) is 16.6 Å². The molecular weight excluding hydrogens is 267 g/mol. The smallest absolute Gasteiger partial charge is 0.128 e. The van der Waals surface area contributed by atoms with Crippen molar-refractivity contribution >= 4 is 27.7 Å². The van der Waals surface area contributed by atoms with E-state index in [9.17, 15) is 9.50 Å². The molecule has 2 unspecified atom stereocenters. The predicted molar refractivity (Wildman–Crippen MR) is 59.8 cm³/mol. The molecule has 0 saturated carbocycles. The average Bonchev–Trinajstić information content (AvgIpc) is 2.12. The highest BCUT2D eigenvalue weighted by molar-refractivity contribution is 9.10. The van der Waals surface area contributed by atoms with Gasteiger partial charge in [0.2, 0.25) is 0 Å². The molecule has 0 amide bonds. The maximum absolute atomic E-state index is 13.5. The quantitative estimate of drug-likeness (QED) is 0.785. The number of aliphatic hydroxyl groups is 1. The standard InChI is InChI=1S/C10H10BrFOS/c1-5-10(13)7-2-6(11)3-9(12)8(7)4-14-5/h2-3,5,10,13H,4H2,1H3. The summed E-state index contributed by atoms with van der Waals surface area (Å²) in [5, 5.41) is 10.0. The molecular formula is C10H10BrFOS. The van der Waals surface area contributed by atoms with Crippen molar-refractivity contribution in [2.75, 3.05) is 0 Å². The van der Waals surface area contributed by atoms with Crippen LogP contribution >= 0.6 is 27.7 Å². The normalized spacial score (nSPS) is 26.0. The van der Waals surface area contributed by atoms with Crippen molar-refractivity contribution in [2.24, 2.45) is 0 Å². The first-order valence-corrected chi connectivity index (χ1v) is 6.21. The second-order valence-corrected chi connectivity index (χ2v) is 5.70. The number of aliphatic hydroxyl groups excluding tert-OH is 1. The van der Waals surface area contributed by atoms with Crippen LogP contribution in [0.4, 0.5) is 4.39 Å². The Kier molecular flexibility index (Phi) is 2.86. The van der Waals surface area contributed by atoms with Crippen LogP contribution in [0.1, 0.15) is 24.2 Å². The molecule has 0 bridgehead atoms. The third-order valence-corrected chi connectivity index (χ3v) is 4.15. The summed E-state index contributed by atoms with van der Waals surface area (Å²) in [6, 6.07) is 3.25. The van der Waals surface area contributed by atoms with Gasteiger partial charge in [0.15, 0.2) is 0 Å². The van der Waals surface area contributed by atoms with Crippen LogP contribution in [0.5, 0.6) is 0 Å². The minimum absolute atomic E-state index is 0.135. The maximum Gasteiger partial charge on any atom is 0.128 e. The van der Waals surface area contributed by atoms with Crippen LogP contribution in [-0.4, -0.2) is 10.4 Å². The Labute approximate surface area is 94.8 Å². The highest BCUT2D eigenvalue weighted by Gasteiger charge is 2.27. The van der Waals surface area contributed by atoms with E-state index < -0.39 is 6.10 Å². The van der Waals surface area contributed by atoms with E-state index in [1.165, 1.54) is 6.07 Å². The van der Waals surface area contributed by atoms with Gasteiger partial charge in [-0.3, -0.25) is 0 Å². The molecule has 1 N–H and O–H groups in total. The number of fused-ring (bicyclic) bond motifs is 1. The van der Waals surface area contributed by atoms with Crippen molar-refractivity contribution in [1.29, 1.82) is 0 Å². The van der Waals surface area contributed by atoms with Crippen LogP contribution in [0.25, 0.3) is 0 Å². The highest BCUT2D eigenvalue weighted by atomic mass is 79.9. The van der Waals surface area contributed by atoms with Gasteiger partial charge in [-0.05, 0) is 17.7 Å². The van der Waals surface area contributed by atoms with Gasteiger partial charge in [-0.2, -0.15) is 11.8 Å². The Morgan fingerprint density at radius 3 is 3.00 bits per heavy atom. The fourth-order valence-electron chi connectivity index (χ4n) is 1.60. The lowest BCUT2D eigenvalue weighted by Gasteiger charge is -2.27. The first-order valence-electron chi connectivity index (χ1n) is 4.37. The van der Waals surface area contributed by atoms with Crippen molar-refractivity contribution in [3.8, 4) is 0 Å². The number of halogens is 2. The summed E-state index contributed by atoms with van der Waals surface area (Å²) >= 11 is 4.81. The molecule has 0 saturated heterocycles. The van der Waals surface area contributed by atoms with E-state index in [4.69, 9.17) is 0 Å². The molecule has 1 aliphatic rings. The molecule has 2 atom stereocenters. The van der Waals surface area contributed by atoms with Gasteiger partial charge >= 0.3 is 0 Å². The van der Waals surface area contributed by atoms with Crippen molar-refractivity contribution in [3.05, 3.63) is 33.5 Å². The molecule has 0 radical (unpaired) electrons. The molecule has 1 aliphatic heterocycles. The summed E-state index contributed by atoms with van der Waals surface area (Å²) in [5.41, 5.74) is 1.37. The number of hydrogen-bond acceptors (Lipinski definition) is 2. The van der Waals surface area contributed by atoms with Crippen molar-refractivity contribution in [1.82, 2.24) is 0 Å². The van der Waals surface area contributed by atoms with Gasteiger partial charge in [0, 0.05) is 21.0 Å². The monoisotopic (exact) mass is 276 g/mol. The number of rotatable bonds is 0. The highest BCUT2D eigenvalue weighted by Crippen LogP contribution is 2.39. The molecule has 4 heteroatoms. The third kappa shape index (κ3) is 1.71. The van der Waals surface area contributed by atoms with Gasteiger partial charge < -0.3 is 5.11 Å². The fraction of sp³-hybridized carbons (Fsp3) is 0.400. The zero-order valence-electron chi connectivity index (χ0n) is 7.63. The summed E-state index contributed by atoms with van der Waals surface area (Å²) in [5.74, 6) is 0.417. The molecule has 1 nitrogen and oxygen atoms in total. The summed E-state index contributed by atoms with van der Waals surface area (Å²) in [7, 11) is 0. The van der Waals surface area contributed by atoms with Gasteiger partial charge in [-0.25, -0.2) is 4.39 Å². The minimum atomic E-state index is -0.559. The van der Waals surface area contributed by atoms with E-state index in [-0.39, 0.29) is 11.1 Å². The van der Waals surface area contributed by atoms with Crippen LogP contribution < -0.4 is 0 Å². The fourth-order valence-corrected chi connectivity index (χ4v) is 3.11.